The SMILES string of the molecule is CCn1c(=O)c(=O)[nH]c2cc(C(=O)Nc3ccn(C)n3)ccc21. The largest absolute Gasteiger partial charge is 0.316 e. The van der Waals surface area contributed by atoms with E-state index in [4.69, 9.17) is 0 Å². The number of carbonyl (C=O) groups is 1. The fourth-order valence-corrected chi connectivity index (χ4v) is 2.40. The van der Waals surface area contributed by atoms with Gasteiger partial charge >= 0.3 is 11.1 Å². The van der Waals surface area contributed by atoms with Crippen LogP contribution in [0.1, 0.15) is 17.3 Å². The minimum atomic E-state index is -0.707. The van der Waals surface area contributed by atoms with E-state index in [1.165, 1.54) is 4.57 Å². The van der Waals surface area contributed by atoms with E-state index in [1.54, 1.807) is 49.1 Å². The van der Waals surface area contributed by atoms with Gasteiger partial charge in [0, 0.05) is 31.4 Å². The smallest absolute Gasteiger partial charge is 0.316 e. The van der Waals surface area contributed by atoms with Crippen LogP contribution in [-0.4, -0.2) is 25.2 Å². The fourth-order valence-electron chi connectivity index (χ4n) is 2.40. The third-order valence-electron chi connectivity index (χ3n) is 3.51. The maximum Gasteiger partial charge on any atom is 0.316 e. The van der Waals surface area contributed by atoms with Gasteiger partial charge in [0.2, 0.25) is 0 Å². The van der Waals surface area contributed by atoms with Gasteiger partial charge < -0.3 is 14.9 Å². The maximum atomic E-state index is 12.3. The Labute approximate surface area is 130 Å². The molecule has 2 heterocycles. The van der Waals surface area contributed by atoms with E-state index in [0.717, 1.165) is 0 Å². The quantitative estimate of drug-likeness (QED) is 0.695. The van der Waals surface area contributed by atoms with Crippen molar-refractivity contribution in [1.29, 1.82) is 0 Å². The van der Waals surface area contributed by atoms with Crippen molar-refractivity contribution in [3.63, 3.8) is 0 Å². The van der Waals surface area contributed by atoms with Crippen molar-refractivity contribution in [1.82, 2.24) is 19.3 Å². The zero-order valence-electron chi connectivity index (χ0n) is 12.7. The molecule has 0 aliphatic heterocycles. The molecular formula is C15H15N5O3. The topological polar surface area (TPSA) is 102 Å². The van der Waals surface area contributed by atoms with E-state index in [2.05, 4.69) is 15.4 Å². The summed E-state index contributed by atoms with van der Waals surface area (Å²) in [5.74, 6) is 0.0883. The zero-order valence-corrected chi connectivity index (χ0v) is 12.7. The third-order valence-corrected chi connectivity index (χ3v) is 3.51. The molecule has 0 spiro atoms. The highest BCUT2D eigenvalue weighted by atomic mass is 16.2. The molecule has 0 unspecified atom stereocenters. The summed E-state index contributed by atoms with van der Waals surface area (Å²) in [5, 5.41) is 6.74. The number of anilines is 1. The van der Waals surface area contributed by atoms with Crippen molar-refractivity contribution in [3.8, 4) is 0 Å². The number of carbonyl (C=O) groups excluding carboxylic acids is 1. The monoisotopic (exact) mass is 313 g/mol. The number of H-pyrrole nitrogens is 1. The lowest BCUT2D eigenvalue weighted by Gasteiger charge is -2.08. The van der Waals surface area contributed by atoms with Gasteiger partial charge in [-0.3, -0.25) is 19.1 Å². The molecule has 0 aliphatic carbocycles. The molecule has 1 aromatic carbocycles. The molecule has 0 aliphatic rings. The highest BCUT2D eigenvalue weighted by Crippen LogP contribution is 2.13. The van der Waals surface area contributed by atoms with E-state index in [1.807, 2.05) is 0 Å². The Morgan fingerprint density at radius 2 is 2.09 bits per heavy atom. The molecule has 1 amide bonds. The van der Waals surface area contributed by atoms with Gasteiger partial charge in [-0.25, -0.2) is 0 Å². The lowest BCUT2D eigenvalue weighted by atomic mass is 10.1. The summed E-state index contributed by atoms with van der Waals surface area (Å²) in [6.45, 7) is 2.15. The highest BCUT2D eigenvalue weighted by Gasteiger charge is 2.11. The predicted octanol–water partition coefficient (Wildman–Crippen LogP) is 0.695. The average Bonchev–Trinajstić information content (AvgIpc) is 2.93. The first kappa shape index (κ1) is 14.8. The predicted molar refractivity (Wildman–Crippen MR) is 85.7 cm³/mol. The molecular weight excluding hydrogens is 298 g/mol. The Balaban J connectivity index is 2.03. The van der Waals surface area contributed by atoms with Gasteiger partial charge in [0.15, 0.2) is 5.82 Å². The molecule has 0 saturated carbocycles. The van der Waals surface area contributed by atoms with Gasteiger partial charge in [-0.05, 0) is 25.1 Å². The molecule has 23 heavy (non-hydrogen) atoms. The minimum absolute atomic E-state index is 0.347. The van der Waals surface area contributed by atoms with Crippen molar-refractivity contribution < 1.29 is 4.79 Å². The van der Waals surface area contributed by atoms with Gasteiger partial charge in [-0.2, -0.15) is 5.10 Å². The molecule has 0 radical (unpaired) electrons. The Morgan fingerprint density at radius 3 is 2.74 bits per heavy atom. The second-order valence-corrected chi connectivity index (χ2v) is 5.06. The van der Waals surface area contributed by atoms with Crippen LogP contribution < -0.4 is 16.4 Å². The van der Waals surface area contributed by atoms with Crippen LogP contribution in [0.5, 0.6) is 0 Å². The van der Waals surface area contributed by atoms with Gasteiger partial charge in [-0.1, -0.05) is 0 Å². The number of aromatic nitrogens is 4. The molecule has 0 saturated heterocycles. The molecule has 3 rings (SSSR count). The summed E-state index contributed by atoms with van der Waals surface area (Å²) in [6, 6.07) is 6.46. The Bertz CT molecular complexity index is 1010. The number of rotatable bonds is 3. The molecule has 2 aromatic heterocycles. The molecule has 0 bridgehead atoms. The van der Waals surface area contributed by atoms with Gasteiger partial charge in [0.25, 0.3) is 5.91 Å². The van der Waals surface area contributed by atoms with E-state index in [0.29, 0.717) is 29.0 Å². The Morgan fingerprint density at radius 1 is 1.30 bits per heavy atom. The summed E-state index contributed by atoms with van der Waals surface area (Å²) < 4.78 is 2.95. The normalized spacial score (nSPS) is 10.9. The Kier molecular flexibility index (Phi) is 3.57. The molecule has 118 valence electrons. The standard InChI is InChI=1S/C15H15N5O3/c1-3-20-11-5-4-9(8-10(11)16-14(22)15(20)23)13(21)17-12-6-7-19(2)18-12/h4-8H,3H2,1-2H3,(H,16,22)(H,17,18,21). The average molecular weight is 313 g/mol. The van der Waals surface area contributed by atoms with Crippen molar-refractivity contribution in [2.24, 2.45) is 7.05 Å². The van der Waals surface area contributed by atoms with Crippen molar-refractivity contribution in [3.05, 3.63) is 56.7 Å². The second kappa shape index (κ2) is 5.56. The molecule has 8 nitrogen and oxygen atoms in total. The zero-order chi connectivity index (χ0) is 16.6. The van der Waals surface area contributed by atoms with Crippen LogP contribution in [0.15, 0.2) is 40.1 Å². The minimum Gasteiger partial charge on any atom is -0.316 e. The van der Waals surface area contributed by atoms with Crippen LogP contribution in [0.2, 0.25) is 0 Å². The van der Waals surface area contributed by atoms with Crippen molar-refractivity contribution in [2.45, 2.75) is 13.5 Å². The summed E-state index contributed by atoms with van der Waals surface area (Å²) in [7, 11) is 1.75. The van der Waals surface area contributed by atoms with Crippen molar-refractivity contribution >= 4 is 22.8 Å². The molecule has 0 fully saturated rings. The van der Waals surface area contributed by atoms with Crippen LogP contribution in [-0.2, 0) is 13.6 Å². The summed E-state index contributed by atoms with van der Waals surface area (Å²) in [6.07, 6.45) is 1.72. The van der Waals surface area contributed by atoms with Crippen LogP contribution in [0, 0.1) is 0 Å². The first-order valence-corrected chi connectivity index (χ1v) is 7.07. The molecule has 3 aromatic rings. The number of nitrogens with one attached hydrogen (secondary N) is 2. The molecule has 0 atom stereocenters. The van der Waals surface area contributed by atoms with E-state index in [-0.39, 0.29) is 5.91 Å². The maximum absolute atomic E-state index is 12.3. The lowest BCUT2D eigenvalue weighted by molar-refractivity contribution is 0.102. The Hall–Kier alpha value is -3.16. The van der Waals surface area contributed by atoms with Gasteiger partial charge in [0.05, 0.1) is 11.0 Å². The van der Waals surface area contributed by atoms with E-state index >= 15 is 0 Å². The number of fused-ring (bicyclic) bond motifs is 1. The van der Waals surface area contributed by atoms with Crippen LogP contribution in [0.3, 0.4) is 0 Å². The highest BCUT2D eigenvalue weighted by molar-refractivity contribution is 6.05. The number of amides is 1. The fraction of sp³-hybridized carbons (Fsp3) is 0.200. The number of benzene rings is 1. The third kappa shape index (κ3) is 2.66. The second-order valence-electron chi connectivity index (χ2n) is 5.06. The van der Waals surface area contributed by atoms with Crippen LogP contribution in [0.25, 0.3) is 11.0 Å². The van der Waals surface area contributed by atoms with E-state index < -0.39 is 11.1 Å². The van der Waals surface area contributed by atoms with E-state index in [9.17, 15) is 14.4 Å². The number of hydrogen-bond acceptors (Lipinski definition) is 4. The number of aryl methyl sites for hydroxylation is 2. The first-order valence-electron chi connectivity index (χ1n) is 7.07. The van der Waals surface area contributed by atoms with Gasteiger partial charge in [-0.15, -0.1) is 0 Å². The number of hydrogen-bond donors (Lipinski definition) is 2. The summed E-state index contributed by atoms with van der Waals surface area (Å²) in [4.78, 5) is 38.3. The van der Waals surface area contributed by atoms with Crippen LogP contribution >= 0.6 is 0 Å². The van der Waals surface area contributed by atoms with Gasteiger partial charge in [0.1, 0.15) is 0 Å². The molecule has 2 N–H and O–H groups in total. The van der Waals surface area contributed by atoms with Crippen molar-refractivity contribution in [2.75, 3.05) is 5.32 Å². The number of aromatic amines is 1. The lowest BCUT2D eigenvalue weighted by Crippen LogP contribution is -2.36. The first-order chi connectivity index (χ1) is 11.0. The summed E-state index contributed by atoms with van der Waals surface area (Å²) >= 11 is 0. The van der Waals surface area contributed by atoms with Crippen LogP contribution in [0.4, 0.5) is 5.82 Å². The molecule has 8 heteroatoms. The summed E-state index contributed by atoms with van der Waals surface area (Å²) in [5.41, 5.74) is 0.0593. The number of nitrogens with zero attached hydrogens (tertiary/aromatic N) is 3.